The van der Waals surface area contributed by atoms with E-state index in [4.69, 9.17) is 14.2 Å². The van der Waals surface area contributed by atoms with E-state index in [2.05, 4.69) is 25.2 Å². The molecule has 0 unspecified atom stereocenters. The summed E-state index contributed by atoms with van der Waals surface area (Å²) in [5, 5.41) is 3.10. The van der Waals surface area contributed by atoms with Gasteiger partial charge in [-0.05, 0) is 67.1 Å². The van der Waals surface area contributed by atoms with Crippen molar-refractivity contribution < 1.29 is 19.0 Å². The SMILES string of the molecule is CC[C@H](Oc1cccc(OC)c1)C(=O)N[C@H](C)c1cc(C(C)C)c(OC)cc1C. The zero-order valence-corrected chi connectivity index (χ0v) is 18.5. The van der Waals surface area contributed by atoms with Gasteiger partial charge >= 0.3 is 0 Å². The van der Waals surface area contributed by atoms with Gasteiger partial charge in [-0.25, -0.2) is 0 Å². The Morgan fingerprint density at radius 3 is 2.28 bits per heavy atom. The first kappa shape index (κ1) is 22.6. The first-order chi connectivity index (χ1) is 13.8. The molecule has 1 N–H and O–H groups in total. The number of ether oxygens (including phenoxy) is 3. The van der Waals surface area contributed by atoms with E-state index in [0.29, 0.717) is 23.8 Å². The molecule has 0 fully saturated rings. The summed E-state index contributed by atoms with van der Waals surface area (Å²) in [5.74, 6) is 2.38. The molecular weight excluding hydrogens is 366 g/mol. The number of amides is 1. The second kappa shape index (κ2) is 10.2. The molecule has 2 rings (SSSR count). The third-order valence-corrected chi connectivity index (χ3v) is 5.05. The lowest BCUT2D eigenvalue weighted by molar-refractivity contribution is -0.128. The van der Waals surface area contributed by atoms with E-state index in [1.807, 2.05) is 45.0 Å². The van der Waals surface area contributed by atoms with Crippen LogP contribution in [0.2, 0.25) is 0 Å². The summed E-state index contributed by atoms with van der Waals surface area (Å²) in [6.07, 6.45) is -0.0121. The highest BCUT2D eigenvalue weighted by Crippen LogP contribution is 2.32. The molecule has 2 aromatic rings. The normalized spacial score (nSPS) is 13.0. The topological polar surface area (TPSA) is 56.8 Å². The molecule has 29 heavy (non-hydrogen) atoms. The Morgan fingerprint density at radius 2 is 1.69 bits per heavy atom. The minimum absolute atomic E-state index is 0.135. The Balaban J connectivity index is 2.16. The van der Waals surface area contributed by atoms with Gasteiger partial charge in [0.05, 0.1) is 20.3 Å². The van der Waals surface area contributed by atoms with E-state index in [9.17, 15) is 4.79 Å². The number of aryl methyl sites for hydroxylation is 1. The van der Waals surface area contributed by atoms with E-state index in [-0.39, 0.29) is 11.9 Å². The molecule has 0 radical (unpaired) electrons. The molecule has 0 aliphatic carbocycles. The third-order valence-electron chi connectivity index (χ3n) is 5.05. The fourth-order valence-corrected chi connectivity index (χ4v) is 3.36. The Bertz CT molecular complexity index is 832. The highest BCUT2D eigenvalue weighted by atomic mass is 16.5. The summed E-state index contributed by atoms with van der Waals surface area (Å²) >= 11 is 0. The second-order valence-electron chi connectivity index (χ2n) is 7.53. The summed E-state index contributed by atoms with van der Waals surface area (Å²) in [6, 6.07) is 11.3. The Hall–Kier alpha value is -2.69. The van der Waals surface area contributed by atoms with Gasteiger partial charge in [0.2, 0.25) is 0 Å². The number of carbonyl (C=O) groups excluding carboxylic acids is 1. The molecule has 0 bridgehead atoms. The summed E-state index contributed by atoms with van der Waals surface area (Å²) in [7, 11) is 3.29. The zero-order chi connectivity index (χ0) is 21.6. The number of hydrogen-bond donors (Lipinski definition) is 1. The summed E-state index contributed by atoms with van der Waals surface area (Å²) in [6.45, 7) is 10.2. The van der Waals surface area contributed by atoms with Crippen LogP contribution < -0.4 is 19.5 Å². The van der Waals surface area contributed by atoms with E-state index < -0.39 is 6.10 Å². The van der Waals surface area contributed by atoms with E-state index >= 15 is 0 Å². The Morgan fingerprint density at radius 1 is 1.00 bits per heavy atom. The molecule has 0 saturated carbocycles. The fraction of sp³-hybridized carbons (Fsp3) is 0.458. The third kappa shape index (κ3) is 5.66. The molecule has 158 valence electrons. The van der Waals surface area contributed by atoms with Crippen molar-refractivity contribution in [1.82, 2.24) is 5.32 Å². The van der Waals surface area contributed by atoms with E-state index in [1.165, 1.54) is 0 Å². The molecule has 0 aliphatic rings. The van der Waals surface area contributed by atoms with Gasteiger partial charge in [0.15, 0.2) is 6.10 Å². The van der Waals surface area contributed by atoms with Gasteiger partial charge in [-0.15, -0.1) is 0 Å². The van der Waals surface area contributed by atoms with Crippen molar-refractivity contribution in [2.45, 2.75) is 59.1 Å². The molecule has 2 atom stereocenters. The van der Waals surface area contributed by atoms with Crippen molar-refractivity contribution in [3.63, 3.8) is 0 Å². The summed E-state index contributed by atoms with van der Waals surface area (Å²) in [4.78, 5) is 12.9. The van der Waals surface area contributed by atoms with Crippen LogP contribution in [0.25, 0.3) is 0 Å². The highest BCUT2D eigenvalue weighted by Gasteiger charge is 2.22. The standard InChI is InChI=1S/C24H33NO4/c1-8-22(29-19-11-9-10-18(13-19)27-6)24(26)25-17(5)21-14-20(15(2)3)23(28-7)12-16(21)4/h9-15,17,22H,8H2,1-7H3,(H,25,26)/t17-,22+/m1/s1. The van der Waals surface area contributed by atoms with Gasteiger partial charge in [-0.1, -0.05) is 26.8 Å². The van der Waals surface area contributed by atoms with Crippen molar-refractivity contribution in [2.75, 3.05) is 14.2 Å². The first-order valence-electron chi connectivity index (χ1n) is 10.1. The van der Waals surface area contributed by atoms with Gasteiger partial charge in [0, 0.05) is 6.07 Å². The molecule has 5 heteroatoms. The van der Waals surface area contributed by atoms with Gasteiger partial charge in [0.1, 0.15) is 17.2 Å². The first-order valence-corrected chi connectivity index (χ1v) is 10.1. The van der Waals surface area contributed by atoms with Crippen LogP contribution in [-0.4, -0.2) is 26.2 Å². The van der Waals surface area contributed by atoms with Crippen LogP contribution in [0.3, 0.4) is 0 Å². The molecule has 1 amide bonds. The Labute approximate surface area is 174 Å². The average Bonchev–Trinajstić information content (AvgIpc) is 2.71. The predicted molar refractivity (Wildman–Crippen MR) is 116 cm³/mol. The lowest BCUT2D eigenvalue weighted by Crippen LogP contribution is -2.39. The smallest absolute Gasteiger partial charge is 0.261 e. The molecular formula is C24H33NO4. The van der Waals surface area contributed by atoms with Crippen LogP contribution in [0.15, 0.2) is 36.4 Å². The number of carbonyl (C=O) groups is 1. The van der Waals surface area contributed by atoms with Crippen molar-refractivity contribution in [2.24, 2.45) is 0 Å². The number of nitrogens with one attached hydrogen (secondary N) is 1. The average molecular weight is 400 g/mol. The molecule has 0 aliphatic heterocycles. The van der Waals surface area contributed by atoms with Crippen LogP contribution in [0.1, 0.15) is 62.8 Å². The monoisotopic (exact) mass is 399 g/mol. The van der Waals surface area contributed by atoms with E-state index in [0.717, 1.165) is 22.4 Å². The largest absolute Gasteiger partial charge is 0.497 e. The van der Waals surface area contributed by atoms with Crippen LogP contribution in [-0.2, 0) is 4.79 Å². The van der Waals surface area contributed by atoms with Crippen LogP contribution >= 0.6 is 0 Å². The quantitative estimate of drug-likeness (QED) is 0.632. The van der Waals surface area contributed by atoms with E-state index in [1.54, 1.807) is 20.3 Å². The summed E-state index contributed by atoms with van der Waals surface area (Å²) in [5.41, 5.74) is 3.30. The predicted octanol–water partition coefficient (Wildman–Crippen LogP) is 5.17. The van der Waals surface area contributed by atoms with Gasteiger partial charge in [-0.3, -0.25) is 4.79 Å². The van der Waals surface area contributed by atoms with Crippen molar-refractivity contribution in [3.8, 4) is 17.2 Å². The van der Waals surface area contributed by atoms with Gasteiger partial charge in [0.25, 0.3) is 5.91 Å². The maximum absolute atomic E-state index is 12.9. The fourth-order valence-electron chi connectivity index (χ4n) is 3.36. The maximum atomic E-state index is 12.9. The lowest BCUT2D eigenvalue weighted by Gasteiger charge is -2.23. The van der Waals surface area contributed by atoms with Gasteiger partial charge < -0.3 is 19.5 Å². The van der Waals surface area contributed by atoms with Crippen molar-refractivity contribution >= 4 is 5.91 Å². The number of methoxy groups -OCH3 is 2. The minimum Gasteiger partial charge on any atom is -0.497 e. The molecule has 0 saturated heterocycles. The van der Waals surface area contributed by atoms with Crippen LogP contribution in [0.5, 0.6) is 17.2 Å². The second-order valence-corrected chi connectivity index (χ2v) is 7.53. The van der Waals surface area contributed by atoms with Crippen molar-refractivity contribution in [3.05, 3.63) is 53.1 Å². The number of benzene rings is 2. The van der Waals surface area contributed by atoms with Crippen molar-refractivity contribution in [1.29, 1.82) is 0 Å². The van der Waals surface area contributed by atoms with Crippen LogP contribution in [0.4, 0.5) is 0 Å². The Kier molecular flexibility index (Phi) is 7.94. The minimum atomic E-state index is -0.576. The molecule has 0 heterocycles. The molecule has 0 aromatic heterocycles. The lowest BCUT2D eigenvalue weighted by atomic mass is 9.93. The molecule has 2 aromatic carbocycles. The molecule has 0 spiro atoms. The number of hydrogen-bond acceptors (Lipinski definition) is 4. The maximum Gasteiger partial charge on any atom is 0.261 e. The van der Waals surface area contributed by atoms with Crippen LogP contribution in [0, 0.1) is 6.92 Å². The molecule has 5 nitrogen and oxygen atoms in total. The highest BCUT2D eigenvalue weighted by molar-refractivity contribution is 5.81. The number of rotatable bonds is 9. The zero-order valence-electron chi connectivity index (χ0n) is 18.5. The van der Waals surface area contributed by atoms with Gasteiger partial charge in [-0.2, -0.15) is 0 Å². The summed E-state index contributed by atoms with van der Waals surface area (Å²) < 4.78 is 16.7.